The largest absolute Gasteiger partial charge is 0.389 e. The number of aromatic nitrogens is 1. The van der Waals surface area contributed by atoms with E-state index in [0.29, 0.717) is 38.6 Å². The molecule has 2 aromatic rings. The molecule has 0 saturated carbocycles. The van der Waals surface area contributed by atoms with Gasteiger partial charge in [0, 0.05) is 29.5 Å². The molecule has 0 radical (unpaired) electrons. The number of rotatable bonds is 14. The fourth-order valence-corrected chi connectivity index (χ4v) is 6.37. The van der Waals surface area contributed by atoms with Crippen molar-refractivity contribution in [3.63, 3.8) is 0 Å². The molecule has 0 aliphatic carbocycles. The Hall–Kier alpha value is -2.92. The smallest absolute Gasteiger partial charge is 0.225 e. The number of likely N-dealkylation sites (N-methyl/N-ethyl adjacent to an activating group) is 1. The van der Waals surface area contributed by atoms with Crippen LogP contribution in [0.3, 0.4) is 0 Å². The molecule has 11 heteroatoms. The number of benzene rings is 1. The van der Waals surface area contributed by atoms with Gasteiger partial charge in [-0.25, -0.2) is 9.99 Å². The second-order valence-corrected chi connectivity index (χ2v) is 12.3. The van der Waals surface area contributed by atoms with Gasteiger partial charge in [-0.05, 0) is 18.6 Å². The van der Waals surface area contributed by atoms with Gasteiger partial charge in [0.25, 0.3) is 0 Å². The van der Waals surface area contributed by atoms with Crippen molar-refractivity contribution >= 4 is 46.8 Å². The van der Waals surface area contributed by atoms with Crippen LogP contribution in [0.5, 0.6) is 0 Å². The van der Waals surface area contributed by atoms with Gasteiger partial charge in [0.05, 0.1) is 10.3 Å². The minimum Gasteiger partial charge on any atom is -0.389 e. The highest BCUT2D eigenvalue weighted by atomic mass is 32.2. The summed E-state index contributed by atoms with van der Waals surface area (Å²) in [7, 11) is 1.49. The second-order valence-electron chi connectivity index (χ2n) is 8.45. The normalized spacial score (nSPS) is 11.6. The van der Waals surface area contributed by atoms with Crippen molar-refractivity contribution < 1.29 is 9.63 Å². The van der Waals surface area contributed by atoms with Crippen molar-refractivity contribution in [1.82, 2.24) is 9.99 Å². The number of hydrogen-bond acceptors (Lipinski definition) is 9. The van der Waals surface area contributed by atoms with E-state index in [-0.39, 0.29) is 24.1 Å². The van der Waals surface area contributed by atoms with E-state index in [0.717, 1.165) is 11.4 Å². The van der Waals surface area contributed by atoms with Crippen LogP contribution in [0.15, 0.2) is 58.9 Å². The number of carbonyl (C=O) groups excluding carboxylic acids is 1. The molecule has 3 N–H and O–H groups in total. The molecule has 194 valence electrons. The molecule has 2 rings (SSSR count). The van der Waals surface area contributed by atoms with E-state index in [9.17, 15) is 4.79 Å². The first kappa shape index (κ1) is 29.3. The summed E-state index contributed by atoms with van der Waals surface area (Å²) >= 11 is 3.79. The third-order valence-electron chi connectivity index (χ3n) is 4.64. The van der Waals surface area contributed by atoms with E-state index in [4.69, 9.17) is 15.8 Å². The average Bonchev–Trinajstić information content (AvgIpc) is 2.84. The van der Waals surface area contributed by atoms with E-state index in [2.05, 4.69) is 48.4 Å². The first-order chi connectivity index (χ1) is 17.2. The van der Waals surface area contributed by atoms with Gasteiger partial charge >= 0.3 is 0 Å². The highest BCUT2D eigenvalue weighted by Crippen LogP contribution is 2.33. The fourth-order valence-electron chi connectivity index (χ4n) is 3.05. The molecular weight excluding hydrogens is 494 g/mol. The molecule has 36 heavy (non-hydrogen) atoms. The molecule has 0 saturated heterocycles. The zero-order valence-corrected chi connectivity index (χ0v) is 23.0. The third-order valence-corrected chi connectivity index (χ3v) is 7.48. The molecule has 1 aromatic carbocycles. The van der Waals surface area contributed by atoms with E-state index >= 15 is 0 Å². The second kappa shape index (κ2) is 15.2. The molecule has 0 unspecified atom stereocenters. The number of carbonyl (C=O) groups is 1. The lowest BCUT2D eigenvalue weighted by Crippen LogP contribution is -2.29. The van der Waals surface area contributed by atoms with Gasteiger partial charge in [-0.3, -0.25) is 10.2 Å². The zero-order chi connectivity index (χ0) is 26.5. The summed E-state index contributed by atoms with van der Waals surface area (Å²) < 4.78 is 0.376. The number of nitrogens with zero attached hydrogens (tertiary/aromatic N) is 4. The lowest BCUT2D eigenvalue weighted by molar-refractivity contribution is -0.116. The van der Waals surface area contributed by atoms with Crippen molar-refractivity contribution in [2.45, 2.75) is 62.2 Å². The van der Waals surface area contributed by atoms with Crippen LogP contribution in [0.25, 0.3) is 0 Å². The Kier molecular flexibility index (Phi) is 12.4. The highest BCUT2D eigenvalue weighted by Gasteiger charge is 2.17. The molecule has 1 heterocycles. The molecule has 0 aliphatic rings. The monoisotopic (exact) mass is 529 g/mol. The summed E-state index contributed by atoms with van der Waals surface area (Å²) in [6, 6.07) is 14.4. The number of hydrogen-bond donors (Lipinski definition) is 3. The number of nitrogens with one attached hydrogen (secondary N) is 3. The summed E-state index contributed by atoms with van der Waals surface area (Å²) in [6.07, 6.45) is 1.22. The van der Waals surface area contributed by atoms with E-state index in [1.807, 2.05) is 41.7 Å². The van der Waals surface area contributed by atoms with Crippen LogP contribution >= 0.6 is 23.5 Å². The molecule has 0 atom stereocenters. The number of oxime groups is 1. The molecule has 1 amide bonds. The van der Waals surface area contributed by atoms with Crippen LogP contribution in [-0.2, 0) is 16.2 Å². The first-order valence-electron chi connectivity index (χ1n) is 11.7. The van der Waals surface area contributed by atoms with Gasteiger partial charge in [0.2, 0.25) is 5.91 Å². The maximum atomic E-state index is 12.6. The van der Waals surface area contributed by atoms with Crippen molar-refractivity contribution in [3.05, 3.63) is 59.8 Å². The van der Waals surface area contributed by atoms with Crippen LogP contribution in [0.1, 0.15) is 51.8 Å². The molecule has 0 spiro atoms. The molecule has 0 fully saturated rings. The Morgan fingerprint density at radius 1 is 1.08 bits per heavy atom. The Morgan fingerprint density at radius 2 is 1.75 bits per heavy atom. The Morgan fingerprint density at radius 3 is 2.36 bits per heavy atom. The number of anilines is 1. The van der Waals surface area contributed by atoms with Gasteiger partial charge in [-0.1, -0.05) is 74.5 Å². The van der Waals surface area contributed by atoms with E-state index < -0.39 is 0 Å². The Balaban J connectivity index is 1.99. The van der Waals surface area contributed by atoms with Gasteiger partial charge in [0.15, 0.2) is 18.2 Å². The van der Waals surface area contributed by atoms with Gasteiger partial charge in [0.1, 0.15) is 5.82 Å². The standard InChI is InChI=1S/C25H35N7O2S2/c1-17(2)35-23(36-18(3)4)15-14-22(33)29-21-13-9-12-20(28-21)16-34-30-24(25(26)32(5)31-27)19-10-7-6-8-11-19/h6-13,17-18,23,26-27H,14-16H2,1-5H3,(H,28,29,33)/b26-25?,30-24-,31-27?. The number of pyridine rings is 1. The van der Waals surface area contributed by atoms with Gasteiger partial charge < -0.3 is 10.2 Å². The maximum Gasteiger partial charge on any atom is 0.225 e. The molecule has 1 aromatic heterocycles. The van der Waals surface area contributed by atoms with E-state index in [1.165, 1.54) is 7.05 Å². The summed E-state index contributed by atoms with van der Waals surface area (Å²) in [5, 5.41) is 20.6. The predicted octanol–water partition coefficient (Wildman–Crippen LogP) is 6.19. The summed E-state index contributed by atoms with van der Waals surface area (Å²) in [4.78, 5) is 22.5. The maximum absolute atomic E-state index is 12.6. The van der Waals surface area contributed by atoms with Crippen LogP contribution in [0.2, 0.25) is 0 Å². The van der Waals surface area contributed by atoms with Crippen LogP contribution in [-0.4, -0.2) is 49.6 Å². The number of thioether (sulfide) groups is 2. The van der Waals surface area contributed by atoms with E-state index in [1.54, 1.807) is 30.3 Å². The molecule has 9 nitrogen and oxygen atoms in total. The Bertz CT molecular complexity index is 1020. The minimum atomic E-state index is -0.0743. The summed E-state index contributed by atoms with van der Waals surface area (Å²) in [5.74, 6) is 0.312. The Labute approximate surface area is 221 Å². The summed E-state index contributed by atoms with van der Waals surface area (Å²) in [6.45, 7) is 8.75. The number of amidine groups is 1. The topological polar surface area (TPSA) is 127 Å². The molecule has 0 aliphatic heterocycles. The van der Waals surface area contributed by atoms with Crippen molar-refractivity contribution in [3.8, 4) is 0 Å². The van der Waals surface area contributed by atoms with Crippen LogP contribution in [0, 0.1) is 10.9 Å². The van der Waals surface area contributed by atoms with Crippen LogP contribution < -0.4 is 5.32 Å². The highest BCUT2D eigenvalue weighted by molar-refractivity contribution is 8.17. The molecular formula is C25H35N7O2S2. The van der Waals surface area contributed by atoms with Crippen molar-refractivity contribution in [1.29, 1.82) is 10.9 Å². The lowest BCUT2D eigenvalue weighted by Gasteiger charge is -2.20. The zero-order valence-electron chi connectivity index (χ0n) is 21.4. The first-order valence-corrected chi connectivity index (χ1v) is 13.6. The fraction of sp³-hybridized carbons (Fsp3) is 0.440. The quantitative estimate of drug-likeness (QED) is 0.0881. The average molecular weight is 530 g/mol. The predicted molar refractivity (Wildman–Crippen MR) is 150 cm³/mol. The van der Waals surface area contributed by atoms with Crippen molar-refractivity contribution in [2.24, 2.45) is 10.4 Å². The van der Waals surface area contributed by atoms with Gasteiger partial charge in [-0.2, -0.15) is 5.53 Å². The van der Waals surface area contributed by atoms with Gasteiger partial charge in [-0.15, -0.1) is 23.5 Å². The lowest BCUT2D eigenvalue weighted by atomic mass is 10.1. The number of amides is 1. The third kappa shape index (κ3) is 10.4. The van der Waals surface area contributed by atoms with Crippen molar-refractivity contribution in [2.75, 3.05) is 12.4 Å². The van der Waals surface area contributed by atoms with Crippen LogP contribution in [0.4, 0.5) is 5.82 Å². The minimum absolute atomic E-state index is 0.0488. The summed E-state index contributed by atoms with van der Waals surface area (Å²) in [5.41, 5.74) is 8.65. The SMILES string of the molecule is CC(C)SC(CCC(=O)Nc1cccc(CO/N=C(\C(=N)N(C)N=N)c2ccccc2)n1)SC(C)C. The molecule has 0 bridgehead atoms.